The van der Waals surface area contributed by atoms with Crippen molar-refractivity contribution in [1.29, 1.82) is 0 Å². The molecule has 1 aromatic heterocycles. The second-order valence-corrected chi connectivity index (χ2v) is 5.95. The van der Waals surface area contributed by atoms with Gasteiger partial charge in [0.25, 0.3) is 10.0 Å². The summed E-state index contributed by atoms with van der Waals surface area (Å²) in [6.07, 6.45) is 0. The van der Waals surface area contributed by atoms with Crippen molar-refractivity contribution in [1.82, 2.24) is 9.97 Å². The summed E-state index contributed by atoms with van der Waals surface area (Å²) in [6, 6.07) is 4.23. The Morgan fingerprint density at radius 3 is 2.62 bits per heavy atom. The van der Waals surface area contributed by atoms with E-state index < -0.39 is 15.8 Å². The first kappa shape index (κ1) is 15.3. The lowest BCUT2D eigenvalue weighted by atomic mass is 10.3. The summed E-state index contributed by atoms with van der Waals surface area (Å²) in [5, 5.41) is -0.0155. The van der Waals surface area contributed by atoms with Crippen LogP contribution in [0.25, 0.3) is 0 Å². The van der Waals surface area contributed by atoms with Crippen LogP contribution in [0.15, 0.2) is 29.2 Å². The molecule has 21 heavy (non-hydrogen) atoms. The molecule has 0 radical (unpaired) electrons. The Morgan fingerprint density at radius 1 is 1.29 bits per heavy atom. The number of sulfonamides is 1. The summed E-state index contributed by atoms with van der Waals surface area (Å²) in [6.45, 7) is 0. The van der Waals surface area contributed by atoms with E-state index in [2.05, 4.69) is 14.7 Å². The number of methoxy groups -OCH3 is 1. The molecule has 0 amide bonds. The zero-order chi connectivity index (χ0) is 15.6. The summed E-state index contributed by atoms with van der Waals surface area (Å²) >= 11 is 5.71. The maximum Gasteiger partial charge on any atom is 0.264 e. The lowest BCUT2D eigenvalue weighted by Crippen LogP contribution is -2.16. The molecule has 112 valence electrons. The number of nitrogens with one attached hydrogen (secondary N) is 1. The molecule has 0 aliphatic heterocycles. The third-order valence-electron chi connectivity index (χ3n) is 2.31. The van der Waals surface area contributed by atoms with Gasteiger partial charge < -0.3 is 10.5 Å². The van der Waals surface area contributed by atoms with E-state index in [1.165, 1.54) is 13.2 Å². The van der Waals surface area contributed by atoms with Crippen LogP contribution in [-0.4, -0.2) is 25.5 Å². The number of anilines is 2. The number of ether oxygens (including phenoxy) is 1. The minimum absolute atomic E-state index is 0.0155. The van der Waals surface area contributed by atoms with Gasteiger partial charge in [0.1, 0.15) is 11.0 Å². The molecule has 0 saturated heterocycles. The van der Waals surface area contributed by atoms with Gasteiger partial charge in [0.05, 0.1) is 12.0 Å². The van der Waals surface area contributed by atoms with Crippen LogP contribution in [-0.2, 0) is 10.0 Å². The lowest BCUT2D eigenvalue weighted by molar-refractivity contribution is 0.397. The number of hydrogen-bond acceptors (Lipinski definition) is 6. The van der Waals surface area contributed by atoms with E-state index in [0.717, 1.165) is 18.2 Å². The fourth-order valence-electron chi connectivity index (χ4n) is 1.47. The van der Waals surface area contributed by atoms with Crippen molar-refractivity contribution < 1.29 is 17.5 Å². The number of nitrogen functional groups attached to an aromatic ring is 1. The smallest absolute Gasteiger partial charge is 0.264 e. The quantitative estimate of drug-likeness (QED) is 0.651. The average Bonchev–Trinajstić information content (AvgIpc) is 2.36. The number of nitrogens with two attached hydrogens (primary N) is 1. The topological polar surface area (TPSA) is 107 Å². The average molecular weight is 333 g/mol. The van der Waals surface area contributed by atoms with Gasteiger partial charge >= 0.3 is 0 Å². The number of nitrogens with zero attached hydrogens (tertiary/aromatic N) is 2. The number of rotatable bonds is 4. The molecule has 0 aliphatic carbocycles. The zero-order valence-electron chi connectivity index (χ0n) is 10.7. The molecule has 1 aromatic carbocycles. The van der Waals surface area contributed by atoms with Crippen LogP contribution in [0.4, 0.5) is 16.0 Å². The van der Waals surface area contributed by atoms with E-state index in [4.69, 9.17) is 22.1 Å². The van der Waals surface area contributed by atoms with Gasteiger partial charge in [-0.05, 0) is 18.2 Å². The SMILES string of the molecule is COc1cc(Cl)nc(NS(=O)(=O)c2cc(N)cc(F)c2)n1. The van der Waals surface area contributed by atoms with Crippen molar-refractivity contribution in [3.8, 4) is 5.88 Å². The second-order valence-electron chi connectivity index (χ2n) is 3.88. The van der Waals surface area contributed by atoms with Crippen molar-refractivity contribution in [3.63, 3.8) is 0 Å². The van der Waals surface area contributed by atoms with Gasteiger partial charge in [0.15, 0.2) is 0 Å². The Bertz CT molecular complexity index is 765. The van der Waals surface area contributed by atoms with E-state index in [1.807, 2.05) is 0 Å². The summed E-state index contributed by atoms with van der Waals surface area (Å²) in [4.78, 5) is 7.11. The van der Waals surface area contributed by atoms with Crippen LogP contribution in [0, 0.1) is 5.82 Å². The Hall–Kier alpha value is -2.13. The molecule has 0 unspecified atom stereocenters. The number of benzene rings is 1. The molecule has 0 aliphatic rings. The molecule has 2 aromatic rings. The fourth-order valence-corrected chi connectivity index (χ4v) is 2.65. The van der Waals surface area contributed by atoms with Gasteiger partial charge in [-0.15, -0.1) is 0 Å². The van der Waals surface area contributed by atoms with Gasteiger partial charge in [-0.2, -0.15) is 4.98 Å². The van der Waals surface area contributed by atoms with Crippen molar-refractivity contribution in [2.75, 3.05) is 17.6 Å². The molecule has 10 heteroatoms. The van der Waals surface area contributed by atoms with Gasteiger partial charge in [-0.3, -0.25) is 0 Å². The molecule has 2 rings (SSSR count). The molecule has 1 heterocycles. The Labute approximate surface area is 125 Å². The Morgan fingerprint density at radius 2 is 2.00 bits per heavy atom. The van der Waals surface area contributed by atoms with Gasteiger partial charge in [-0.25, -0.2) is 22.5 Å². The molecule has 7 nitrogen and oxygen atoms in total. The van der Waals surface area contributed by atoms with Crippen molar-refractivity contribution in [3.05, 3.63) is 35.2 Å². The van der Waals surface area contributed by atoms with E-state index in [9.17, 15) is 12.8 Å². The molecule has 0 spiro atoms. The highest BCUT2D eigenvalue weighted by Gasteiger charge is 2.18. The number of aromatic nitrogens is 2. The largest absolute Gasteiger partial charge is 0.481 e. The van der Waals surface area contributed by atoms with E-state index >= 15 is 0 Å². The molecule has 3 N–H and O–H groups in total. The molecule has 0 atom stereocenters. The molecule has 0 saturated carbocycles. The monoisotopic (exact) mass is 332 g/mol. The first-order chi connectivity index (χ1) is 9.80. The summed E-state index contributed by atoms with van der Waals surface area (Å²) in [5.74, 6) is -1.01. The standard InChI is InChI=1S/C11H10ClFN4O3S/c1-20-10-5-9(12)15-11(16-10)17-21(18,19)8-3-6(13)2-7(14)4-8/h2-5H,14H2,1H3,(H,15,16,17). The summed E-state index contributed by atoms with van der Waals surface area (Å²) in [7, 11) is -2.77. The van der Waals surface area contributed by atoms with Crippen molar-refractivity contribution in [2.24, 2.45) is 0 Å². The minimum Gasteiger partial charge on any atom is -0.481 e. The van der Waals surface area contributed by atoms with Crippen molar-refractivity contribution >= 4 is 33.3 Å². The Balaban J connectivity index is 2.39. The number of hydrogen-bond donors (Lipinski definition) is 2. The van der Waals surface area contributed by atoms with E-state index in [-0.39, 0.29) is 27.6 Å². The summed E-state index contributed by atoms with van der Waals surface area (Å²) in [5.41, 5.74) is 5.39. The normalized spacial score (nSPS) is 11.2. The van der Waals surface area contributed by atoms with Crippen LogP contribution in [0.5, 0.6) is 5.88 Å². The van der Waals surface area contributed by atoms with Gasteiger partial charge in [-0.1, -0.05) is 11.6 Å². The third-order valence-corrected chi connectivity index (χ3v) is 3.81. The maximum absolute atomic E-state index is 13.2. The first-order valence-electron chi connectivity index (χ1n) is 5.47. The maximum atomic E-state index is 13.2. The van der Waals surface area contributed by atoms with Crippen molar-refractivity contribution in [2.45, 2.75) is 4.90 Å². The zero-order valence-corrected chi connectivity index (χ0v) is 12.2. The van der Waals surface area contributed by atoms with Gasteiger partial charge in [0.2, 0.25) is 11.8 Å². The van der Waals surface area contributed by atoms with E-state index in [0.29, 0.717) is 0 Å². The molecule has 0 bridgehead atoms. The van der Waals surface area contributed by atoms with Gasteiger partial charge in [0, 0.05) is 11.8 Å². The second kappa shape index (κ2) is 5.70. The van der Waals surface area contributed by atoms with Crippen LogP contribution in [0.1, 0.15) is 0 Å². The number of halogens is 2. The highest BCUT2D eigenvalue weighted by atomic mass is 35.5. The molecular formula is C11H10ClFN4O3S. The van der Waals surface area contributed by atoms with Crippen LogP contribution >= 0.6 is 11.6 Å². The third kappa shape index (κ3) is 3.70. The van der Waals surface area contributed by atoms with Crippen LogP contribution in [0.2, 0.25) is 5.15 Å². The molecular weight excluding hydrogens is 323 g/mol. The summed E-state index contributed by atoms with van der Waals surface area (Å²) < 4.78 is 44.4. The fraction of sp³-hybridized carbons (Fsp3) is 0.0909. The minimum atomic E-state index is -4.11. The Kier molecular flexibility index (Phi) is 4.14. The van der Waals surface area contributed by atoms with Crippen LogP contribution in [0.3, 0.4) is 0 Å². The predicted molar refractivity (Wildman–Crippen MR) is 75.2 cm³/mol. The predicted octanol–water partition coefficient (Wildman–Crippen LogP) is 1.66. The molecule has 0 fully saturated rings. The highest BCUT2D eigenvalue weighted by molar-refractivity contribution is 7.92. The van der Waals surface area contributed by atoms with E-state index in [1.54, 1.807) is 0 Å². The highest BCUT2D eigenvalue weighted by Crippen LogP contribution is 2.20. The first-order valence-corrected chi connectivity index (χ1v) is 7.34. The lowest BCUT2D eigenvalue weighted by Gasteiger charge is -2.08. The van der Waals surface area contributed by atoms with Crippen LogP contribution < -0.4 is 15.2 Å².